The number of rotatable bonds is 5. The number of carbonyl (C=O) groups excluding carboxylic acids is 2. The number of hydrogen-bond acceptors (Lipinski definition) is 2. The first-order valence-electron chi connectivity index (χ1n) is 9.39. The Kier molecular flexibility index (Phi) is 6.42. The number of amides is 2. The van der Waals surface area contributed by atoms with Gasteiger partial charge in [0.2, 0.25) is 11.8 Å². The summed E-state index contributed by atoms with van der Waals surface area (Å²) >= 11 is 0. The molecule has 0 saturated heterocycles. The van der Waals surface area contributed by atoms with Crippen LogP contribution < -0.4 is 9.80 Å². The van der Waals surface area contributed by atoms with Gasteiger partial charge in [-0.05, 0) is 54.7 Å². The van der Waals surface area contributed by atoms with Crippen molar-refractivity contribution in [2.75, 3.05) is 22.9 Å². The van der Waals surface area contributed by atoms with E-state index in [9.17, 15) is 9.59 Å². The quantitative estimate of drug-likeness (QED) is 0.770. The van der Waals surface area contributed by atoms with Crippen LogP contribution in [-0.2, 0) is 15.0 Å². The largest absolute Gasteiger partial charge is 0.311 e. The van der Waals surface area contributed by atoms with Crippen molar-refractivity contribution in [3.63, 3.8) is 0 Å². The fourth-order valence-corrected chi connectivity index (χ4v) is 3.05. The molecule has 0 saturated carbocycles. The van der Waals surface area contributed by atoms with Crippen molar-refractivity contribution in [3.05, 3.63) is 59.7 Å². The highest BCUT2D eigenvalue weighted by molar-refractivity contribution is 6.03. The van der Waals surface area contributed by atoms with E-state index in [-0.39, 0.29) is 23.8 Å². The van der Waals surface area contributed by atoms with Crippen LogP contribution in [-0.4, -0.2) is 24.9 Å². The van der Waals surface area contributed by atoms with Gasteiger partial charge >= 0.3 is 0 Å². The standard InChI is InChI=1S/C23H30N2O2/c1-7-24(21-10-8-9-17(2)15-21)22(27)16-25(18(3)26)20-13-11-19(12-14-20)23(4,5)6/h8-15H,7,16H2,1-6H3. The van der Waals surface area contributed by atoms with Crippen LogP contribution in [0.15, 0.2) is 48.5 Å². The van der Waals surface area contributed by atoms with Gasteiger partial charge in [-0.25, -0.2) is 0 Å². The molecule has 2 aromatic rings. The molecule has 0 aliphatic carbocycles. The van der Waals surface area contributed by atoms with Crippen molar-refractivity contribution >= 4 is 23.2 Å². The molecule has 2 amide bonds. The smallest absolute Gasteiger partial charge is 0.247 e. The van der Waals surface area contributed by atoms with Crippen LogP contribution in [0.5, 0.6) is 0 Å². The fraction of sp³-hybridized carbons (Fsp3) is 0.391. The Morgan fingerprint density at radius 3 is 2.04 bits per heavy atom. The van der Waals surface area contributed by atoms with Gasteiger partial charge in [-0.1, -0.05) is 45.0 Å². The summed E-state index contributed by atoms with van der Waals surface area (Å²) in [7, 11) is 0. The van der Waals surface area contributed by atoms with Gasteiger partial charge in [0.25, 0.3) is 0 Å². The fourth-order valence-electron chi connectivity index (χ4n) is 3.05. The third kappa shape index (κ3) is 5.19. The summed E-state index contributed by atoms with van der Waals surface area (Å²) in [6.07, 6.45) is 0. The number of benzene rings is 2. The lowest BCUT2D eigenvalue weighted by atomic mass is 9.87. The van der Waals surface area contributed by atoms with Crippen LogP contribution in [0.3, 0.4) is 0 Å². The topological polar surface area (TPSA) is 40.6 Å². The minimum Gasteiger partial charge on any atom is -0.311 e. The molecular formula is C23H30N2O2. The number of anilines is 2. The monoisotopic (exact) mass is 366 g/mol. The third-order valence-electron chi connectivity index (χ3n) is 4.65. The molecule has 0 bridgehead atoms. The summed E-state index contributed by atoms with van der Waals surface area (Å²) in [4.78, 5) is 28.4. The molecule has 0 unspecified atom stereocenters. The summed E-state index contributed by atoms with van der Waals surface area (Å²) in [5, 5.41) is 0. The summed E-state index contributed by atoms with van der Waals surface area (Å²) in [6, 6.07) is 15.7. The molecule has 4 nitrogen and oxygen atoms in total. The summed E-state index contributed by atoms with van der Waals surface area (Å²) < 4.78 is 0. The zero-order valence-corrected chi connectivity index (χ0v) is 17.2. The van der Waals surface area contributed by atoms with Crippen molar-refractivity contribution in [2.45, 2.75) is 47.0 Å². The Bertz CT molecular complexity index is 804. The van der Waals surface area contributed by atoms with Gasteiger partial charge in [0.05, 0.1) is 0 Å². The molecule has 0 aliphatic heterocycles. The van der Waals surface area contributed by atoms with Crippen LogP contribution >= 0.6 is 0 Å². The van der Waals surface area contributed by atoms with E-state index < -0.39 is 0 Å². The molecule has 0 fully saturated rings. The van der Waals surface area contributed by atoms with Crippen LogP contribution in [0, 0.1) is 6.92 Å². The molecule has 0 N–H and O–H groups in total. The van der Waals surface area contributed by atoms with E-state index in [1.807, 2.05) is 62.4 Å². The van der Waals surface area contributed by atoms with E-state index in [0.29, 0.717) is 6.54 Å². The molecule has 2 rings (SSSR count). The van der Waals surface area contributed by atoms with E-state index in [0.717, 1.165) is 16.9 Å². The summed E-state index contributed by atoms with van der Waals surface area (Å²) in [5.74, 6) is -0.245. The summed E-state index contributed by atoms with van der Waals surface area (Å²) in [5.41, 5.74) is 3.92. The summed E-state index contributed by atoms with van der Waals surface area (Å²) in [6.45, 7) is 12.5. The molecule has 27 heavy (non-hydrogen) atoms. The molecule has 0 radical (unpaired) electrons. The van der Waals surface area contributed by atoms with Crippen molar-refractivity contribution in [1.82, 2.24) is 0 Å². The zero-order chi connectivity index (χ0) is 20.2. The second kappa shape index (κ2) is 8.38. The number of aryl methyl sites for hydroxylation is 1. The zero-order valence-electron chi connectivity index (χ0n) is 17.2. The van der Waals surface area contributed by atoms with E-state index in [1.54, 1.807) is 4.90 Å². The first kappa shape index (κ1) is 20.7. The van der Waals surface area contributed by atoms with Gasteiger partial charge in [0, 0.05) is 24.8 Å². The molecule has 0 spiro atoms. The minimum absolute atomic E-state index is 0.0198. The average Bonchev–Trinajstić information content (AvgIpc) is 2.59. The maximum Gasteiger partial charge on any atom is 0.247 e. The van der Waals surface area contributed by atoms with Crippen LogP contribution in [0.4, 0.5) is 11.4 Å². The predicted octanol–water partition coefficient (Wildman–Crippen LogP) is 4.70. The first-order chi connectivity index (χ1) is 12.6. The van der Waals surface area contributed by atoms with E-state index in [1.165, 1.54) is 17.4 Å². The molecular weight excluding hydrogens is 336 g/mol. The lowest BCUT2D eigenvalue weighted by Gasteiger charge is -2.27. The lowest BCUT2D eigenvalue weighted by molar-refractivity contribution is -0.121. The highest BCUT2D eigenvalue weighted by atomic mass is 16.2. The second-order valence-electron chi connectivity index (χ2n) is 7.88. The van der Waals surface area contributed by atoms with E-state index in [2.05, 4.69) is 20.8 Å². The van der Waals surface area contributed by atoms with Crippen molar-refractivity contribution in [1.29, 1.82) is 0 Å². The molecule has 0 heterocycles. The van der Waals surface area contributed by atoms with Crippen molar-refractivity contribution in [3.8, 4) is 0 Å². The second-order valence-corrected chi connectivity index (χ2v) is 7.88. The molecule has 0 atom stereocenters. The molecule has 0 aliphatic rings. The van der Waals surface area contributed by atoms with Crippen molar-refractivity contribution in [2.24, 2.45) is 0 Å². The van der Waals surface area contributed by atoms with Crippen LogP contribution in [0.25, 0.3) is 0 Å². The van der Waals surface area contributed by atoms with Crippen molar-refractivity contribution < 1.29 is 9.59 Å². The minimum atomic E-state index is -0.146. The number of carbonyl (C=O) groups is 2. The van der Waals surface area contributed by atoms with Gasteiger partial charge in [0.1, 0.15) is 6.54 Å². The predicted molar refractivity (Wildman–Crippen MR) is 112 cm³/mol. The maximum atomic E-state index is 12.9. The highest BCUT2D eigenvalue weighted by Crippen LogP contribution is 2.25. The van der Waals surface area contributed by atoms with Gasteiger partial charge < -0.3 is 9.80 Å². The van der Waals surface area contributed by atoms with Crippen LogP contribution in [0.1, 0.15) is 45.7 Å². The molecule has 144 valence electrons. The van der Waals surface area contributed by atoms with E-state index in [4.69, 9.17) is 0 Å². The van der Waals surface area contributed by atoms with Gasteiger partial charge in [-0.2, -0.15) is 0 Å². The number of hydrogen-bond donors (Lipinski definition) is 0. The SMILES string of the molecule is CCN(C(=O)CN(C(C)=O)c1ccc(C(C)(C)C)cc1)c1cccc(C)c1. The lowest BCUT2D eigenvalue weighted by Crippen LogP contribution is -2.42. The first-order valence-corrected chi connectivity index (χ1v) is 9.39. The Hall–Kier alpha value is -2.62. The highest BCUT2D eigenvalue weighted by Gasteiger charge is 2.21. The molecule has 2 aromatic carbocycles. The van der Waals surface area contributed by atoms with E-state index >= 15 is 0 Å². The maximum absolute atomic E-state index is 12.9. The molecule has 0 aromatic heterocycles. The Labute approximate surface area is 162 Å². The Balaban J connectivity index is 2.24. The number of nitrogens with zero attached hydrogens (tertiary/aromatic N) is 2. The average molecular weight is 367 g/mol. The Morgan fingerprint density at radius 2 is 1.56 bits per heavy atom. The number of likely N-dealkylation sites (N-methyl/N-ethyl adjacent to an activating group) is 1. The van der Waals surface area contributed by atoms with Crippen LogP contribution in [0.2, 0.25) is 0 Å². The third-order valence-corrected chi connectivity index (χ3v) is 4.65. The Morgan fingerprint density at radius 1 is 0.926 bits per heavy atom. The van der Waals surface area contributed by atoms with Gasteiger partial charge in [-0.15, -0.1) is 0 Å². The van der Waals surface area contributed by atoms with Gasteiger partial charge in [-0.3, -0.25) is 9.59 Å². The van der Waals surface area contributed by atoms with Gasteiger partial charge in [0.15, 0.2) is 0 Å². The molecule has 4 heteroatoms. The normalized spacial score (nSPS) is 11.2.